The topological polar surface area (TPSA) is 87.0 Å². The van der Waals surface area contributed by atoms with Crippen LogP contribution in [0, 0.1) is 0 Å². The van der Waals surface area contributed by atoms with E-state index in [0.717, 1.165) is 11.1 Å². The first kappa shape index (κ1) is 11.0. The molecule has 1 aromatic carbocycles. The second-order valence-electron chi connectivity index (χ2n) is 2.85. The molecule has 2 rings (SSSR count). The van der Waals surface area contributed by atoms with E-state index < -0.39 is 0 Å². The molecule has 0 aliphatic rings. The lowest BCUT2D eigenvalue weighted by atomic mass is 10.2. The summed E-state index contributed by atoms with van der Waals surface area (Å²) in [4.78, 5) is 7.91. The Morgan fingerprint density at radius 3 is 2.60 bits per heavy atom. The van der Waals surface area contributed by atoms with E-state index in [-0.39, 0.29) is 13.4 Å². The molecule has 2 aromatic rings. The van der Waals surface area contributed by atoms with Crippen LogP contribution in [0.4, 0.5) is 11.8 Å². The van der Waals surface area contributed by atoms with Gasteiger partial charge in [-0.2, -0.15) is 4.98 Å². The molecule has 0 amide bonds. The molecule has 0 aliphatic heterocycles. The number of rotatable bonds is 1. The van der Waals surface area contributed by atoms with Crippen molar-refractivity contribution in [3.8, 4) is 5.75 Å². The molecular weight excluding hydrogens is 192 g/mol. The highest BCUT2D eigenvalue weighted by molar-refractivity contribution is 5.89. The molecule has 0 fully saturated rings. The second-order valence-corrected chi connectivity index (χ2v) is 2.85. The number of methoxy groups -OCH3 is 1. The molecule has 0 atom stereocenters. The van der Waals surface area contributed by atoms with Crippen LogP contribution < -0.4 is 16.2 Å². The average Bonchev–Trinajstić information content (AvgIpc) is 2.16. The van der Waals surface area contributed by atoms with Crippen molar-refractivity contribution >= 4 is 22.7 Å². The molecule has 15 heavy (non-hydrogen) atoms. The van der Waals surface area contributed by atoms with Crippen LogP contribution in [0.15, 0.2) is 18.2 Å². The van der Waals surface area contributed by atoms with Crippen LogP contribution in [0.1, 0.15) is 7.43 Å². The minimum Gasteiger partial charge on any atom is -0.497 e. The zero-order valence-electron chi connectivity index (χ0n) is 7.69. The van der Waals surface area contributed by atoms with Gasteiger partial charge in [-0.05, 0) is 12.1 Å². The fourth-order valence-electron chi connectivity index (χ4n) is 1.28. The van der Waals surface area contributed by atoms with Gasteiger partial charge in [0.25, 0.3) is 0 Å². The lowest BCUT2D eigenvalue weighted by Crippen LogP contribution is -2.00. The summed E-state index contributed by atoms with van der Waals surface area (Å²) in [5.74, 6) is 1.27. The standard InChI is InChI=1S/C9H10N4O.CH4/c1-14-5-2-3-6-7(4-5)12-9(11)13-8(6)10;/h2-4H,1H3,(H4,10,11,12,13);1H4. The van der Waals surface area contributed by atoms with Gasteiger partial charge in [0, 0.05) is 11.5 Å². The van der Waals surface area contributed by atoms with Gasteiger partial charge in [0.1, 0.15) is 11.6 Å². The van der Waals surface area contributed by atoms with Gasteiger partial charge in [-0.15, -0.1) is 0 Å². The first-order chi connectivity index (χ1) is 6.70. The predicted octanol–water partition coefficient (Wildman–Crippen LogP) is 1.44. The Hall–Kier alpha value is -2.04. The van der Waals surface area contributed by atoms with Crippen LogP contribution >= 0.6 is 0 Å². The van der Waals surface area contributed by atoms with Crippen molar-refractivity contribution in [2.45, 2.75) is 7.43 Å². The largest absolute Gasteiger partial charge is 0.497 e. The van der Waals surface area contributed by atoms with E-state index in [4.69, 9.17) is 16.2 Å². The molecule has 0 saturated carbocycles. The molecule has 1 aromatic heterocycles. The van der Waals surface area contributed by atoms with Crippen LogP contribution in [-0.4, -0.2) is 17.1 Å². The molecule has 0 aliphatic carbocycles. The van der Waals surface area contributed by atoms with Gasteiger partial charge in [-0.25, -0.2) is 4.98 Å². The van der Waals surface area contributed by atoms with E-state index in [1.54, 1.807) is 19.2 Å². The summed E-state index contributed by atoms with van der Waals surface area (Å²) in [6, 6.07) is 5.38. The molecule has 0 saturated heterocycles. The molecule has 0 unspecified atom stereocenters. The fourth-order valence-corrected chi connectivity index (χ4v) is 1.28. The Morgan fingerprint density at radius 1 is 1.20 bits per heavy atom. The summed E-state index contributed by atoms with van der Waals surface area (Å²) in [6.45, 7) is 0. The van der Waals surface area contributed by atoms with E-state index in [1.165, 1.54) is 0 Å². The number of hydrogen-bond donors (Lipinski definition) is 2. The Morgan fingerprint density at radius 2 is 1.93 bits per heavy atom. The van der Waals surface area contributed by atoms with Crippen molar-refractivity contribution in [3.63, 3.8) is 0 Å². The first-order valence-corrected chi connectivity index (χ1v) is 4.07. The molecule has 80 valence electrons. The van der Waals surface area contributed by atoms with Crippen molar-refractivity contribution in [1.82, 2.24) is 9.97 Å². The summed E-state index contributed by atoms with van der Waals surface area (Å²) in [5.41, 5.74) is 11.8. The van der Waals surface area contributed by atoms with Crippen LogP contribution in [-0.2, 0) is 0 Å². The average molecular weight is 206 g/mol. The summed E-state index contributed by atoms with van der Waals surface area (Å²) in [7, 11) is 1.59. The van der Waals surface area contributed by atoms with Gasteiger partial charge in [-0.1, -0.05) is 7.43 Å². The van der Waals surface area contributed by atoms with Crippen LogP contribution in [0.5, 0.6) is 5.75 Å². The predicted molar refractivity (Wildman–Crippen MR) is 61.6 cm³/mol. The Bertz CT molecular complexity index is 484. The van der Waals surface area contributed by atoms with E-state index in [0.29, 0.717) is 11.3 Å². The SMILES string of the molecule is C.COc1ccc2c(N)nc(N)nc2c1. The molecule has 0 spiro atoms. The van der Waals surface area contributed by atoms with E-state index in [2.05, 4.69) is 9.97 Å². The second kappa shape index (κ2) is 4.00. The van der Waals surface area contributed by atoms with Gasteiger partial charge < -0.3 is 16.2 Å². The number of nitrogens with zero attached hydrogens (tertiary/aromatic N) is 2. The van der Waals surface area contributed by atoms with Crippen molar-refractivity contribution in [2.24, 2.45) is 0 Å². The van der Waals surface area contributed by atoms with Crippen molar-refractivity contribution < 1.29 is 4.74 Å². The molecule has 5 heteroatoms. The molecule has 0 bridgehead atoms. The third-order valence-electron chi connectivity index (χ3n) is 1.95. The van der Waals surface area contributed by atoms with E-state index >= 15 is 0 Å². The zero-order valence-corrected chi connectivity index (χ0v) is 7.69. The number of fused-ring (bicyclic) bond motifs is 1. The summed E-state index contributed by atoms with van der Waals surface area (Å²) < 4.78 is 5.06. The number of nitrogen functional groups attached to an aromatic ring is 2. The monoisotopic (exact) mass is 206 g/mol. The molecule has 0 radical (unpaired) electrons. The van der Waals surface area contributed by atoms with Gasteiger partial charge in [0.05, 0.1) is 12.6 Å². The smallest absolute Gasteiger partial charge is 0.222 e. The summed E-state index contributed by atoms with van der Waals surface area (Å²) in [6.07, 6.45) is 0. The molecule has 1 heterocycles. The van der Waals surface area contributed by atoms with Gasteiger partial charge in [-0.3, -0.25) is 0 Å². The normalized spacial score (nSPS) is 9.67. The summed E-state index contributed by atoms with van der Waals surface area (Å²) in [5, 5.41) is 0.778. The lowest BCUT2D eigenvalue weighted by Gasteiger charge is -2.04. The third-order valence-corrected chi connectivity index (χ3v) is 1.95. The van der Waals surface area contributed by atoms with Gasteiger partial charge in [0.2, 0.25) is 5.95 Å². The van der Waals surface area contributed by atoms with E-state index in [1.807, 2.05) is 6.07 Å². The molecule has 4 N–H and O–H groups in total. The summed E-state index contributed by atoms with van der Waals surface area (Å²) >= 11 is 0. The molecular formula is C10H14N4O. The minimum atomic E-state index is 0. The van der Waals surface area contributed by atoms with Gasteiger partial charge >= 0.3 is 0 Å². The van der Waals surface area contributed by atoms with Crippen molar-refractivity contribution in [3.05, 3.63) is 18.2 Å². The Balaban J connectivity index is 0.00000112. The highest BCUT2D eigenvalue weighted by Crippen LogP contribution is 2.22. The number of hydrogen-bond acceptors (Lipinski definition) is 5. The maximum Gasteiger partial charge on any atom is 0.222 e. The number of benzene rings is 1. The lowest BCUT2D eigenvalue weighted by molar-refractivity contribution is 0.415. The maximum atomic E-state index is 5.68. The molecule has 5 nitrogen and oxygen atoms in total. The van der Waals surface area contributed by atoms with Crippen molar-refractivity contribution in [2.75, 3.05) is 18.6 Å². The Kier molecular flexibility index (Phi) is 2.94. The maximum absolute atomic E-state index is 5.68. The van der Waals surface area contributed by atoms with Crippen LogP contribution in [0.25, 0.3) is 10.9 Å². The van der Waals surface area contributed by atoms with Crippen LogP contribution in [0.3, 0.4) is 0 Å². The third kappa shape index (κ3) is 1.90. The van der Waals surface area contributed by atoms with Crippen molar-refractivity contribution in [1.29, 1.82) is 0 Å². The highest BCUT2D eigenvalue weighted by atomic mass is 16.5. The fraction of sp³-hybridized carbons (Fsp3) is 0.200. The van der Waals surface area contributed by atoms with Gasteiger partial charge in [0.15, 0.2) is 0 Å². The first-order valence-electron chi connectivity index (χ1n) is 4.07. The van der Waals surface area contributed by atoms with E-state index in [9.17, 15) is 0 Å². The number of ether oxygens (including phenoxy) is 1. The number of nitrogens with two attached hydrogens (primary N) is 2. The number of anilines is 2. The minimum absolute atomic E-state index is 0. The number of aromatic nitrogens is 2. The zero-order chi connectivity index (χ0) is 10.1. The highest BCUT2D eigenvalue weighted by Gasteiger charge is 2.03. The van der Waals surface area contributed by atoms with Crippen LogP contribution in [0.2, 0.25) is 0 Å². The quantitative estimate of drug-likeness (QED) is 0.737. The Labute approximate surface area is 88.1 Å².